The lowest BCUT2D eigenvalue weighted by atomic mass is 9.90. The number of fused-ring (bicyclic) bond motifs is 7. The molecule has 10 aromatic rings. The Morgan fingerprint density at radius 2 is 0.860 bits per heavy atom. The maximum absolute atomic E-state index is 6.88. The average Bonchev–Trinajstić information content (AvgIpc) is 3.58. The van der Waals surface area contributed by atoms with Crippen LogP contribution in [0, 0.1) is 0 Å². The molecule has 0 atom stereocenters. The molecule has 2 heteroatoms. The summed E-state index contributed by atoms with van der Waals surface area (Å²) in [6.07, 6.45) is 0. The number of hydrogen-bond acceptors (Lipinski definition) is 2. The highest BCUT2D eigenvalue weighted by molar-refractivity contribution is 6.23. The van der Waals surface area contributed by atoms with Crippen molar-refractivity contribution in [2.45, 2.75) is 0 Å². The summed E-state index contributed by atoms with van der Waals surface area (Å²) in [6, 6.07) is 67.4. The second-order valence-corrected chi connectivity index (χ2v) is 12.8. The smallest absolute Gasteiger partial charge is 0.143 e. The molecule has 1 aromatic heterocycles. The van der Waals surface area contributed by atoms with Crippen molar-refractivity contribution in [3.05, 3.63) is 188 Å². The summed E-state index contributed by atoms with van der Waals surface area (Å²) in [7, 11) is 0. The van der Waals surface area contributed by atoms with Gasteiger partial charge in [-0.3, -0.25) is 0 Å². The average molecular weight is 638 g/mol. The van der Waals surface area contributed by atoms with Crippen molar-refractivity contribution in [3.63, 3.8) is 0 Å². The number of hydrogen-bond donors (Lipinski definition) is 0. The molecule has 2 nitrogen and oxygen atoms in total. The van der Waals surface area contributed by atoms with Gasteiger partial charge in [-0.15, -0.1) is 0 Å². The number of rotatable bonds is 5. The Hall–Kier alpha value is -6.64. The van der Waals surface area contributed by atoms with Crippen LogP contribution in [0.4, 0.5) is 17.1 Å². The summed E-state index contributed by atoms with van der Waals surface area (Å²) in [4.78, 5) is 2.44. The third kappa shape index (κ3) is 4.43. The summed E-state index contributed by atoms with van der Waals surface area (Å²) in [6.45, 7) is 0. The van der Waals surface area contributed by atoms with Crippen LogP contribution in [0.2, 0.25) is 0 Å². The molecule has 0 N–H and O–H groups in total. The molecule has 10 rings (SSSR count). The summed E-state index contributed by atoms with van der Waals surface area (Å²) in [5, 5.41) is 9.24. The van der Waals surface area contributed by atoms with Crippen molar-refractivity contribution in [3.8, 4) is 22.3 Å². The zero-order chi connectivity index (χ0) is 33.0. The van der Waals surface area contributed by atoms with E-state index in [-0.39, 0.29) is 0 Å². The summed E-state index contributed by atoms with van der Waals surface area (Å²) in [5.41, 5.74) is 9.87. The van der Waals surface area contributed by atoms with Crippen molar-refractivity contribution in [2.75, 3.05) is 4.90 Å². The third-order valence-electron chi connectivity index (χ3n) is 10.0. The standard InChI is InChI=1S/C48H31NO/c1-2-15-32(16-3-1)35-21-8-9-24-38(35)41-31-42-47-45(29-14-30-46(47)50-48(42)40-26-11-10-25-39(40)41)49(43-27-12-19-33-17-4-6-22-36(33)43)44-28-13-20-34-18-5-7-23-37(34)44/h1-31H. The van der Waals surface area contributed by atoms with E-state index < -0.39 is 0 Å². The van der Waals surface area contributed by atoms with Crippen LogP contribution in [-0.4, -0.2) is 0 Å². The van der Waals surface area contributed by atoms with Crippen molar-refractivity contribution >= 4 is 71.3 Å². The van der Waals surface area contributed by atoms with E-state index in [1.165, 1.54) is 49.2 Å². The van der Waals surface area contributed by atoms with E-state index in [9.17, 15) is 0 Å². The van der Waals surface area contributed by atoms with E-state index in [1.807, 2.05) is 0 Å². The second kappa shape index (κ2) is 11.5. The van der Waals surface area contributed by atoms with Gasteiger partial charge in [0.25, 0.3) is 0 Å². The van der Waals surface area contributed by atoms with Gasteiger partial charge in [0.05, 0.1) is 22.4 Å². The van der Waals surface area contributed by atoms with Gasteiger partial charge < -0.3 is 9.32 Å². The fraction of sp³-hybridized carbons (Fsp3) is 0. The molecule has 234 valence electrons. The van der Waals surface area contributed by atoms with Crippen LogP contribution in [0.5, 0.6) is 0 Å². The third-order valence-corrected chi connectivity index (χ3v) is 10.0. The first kappa shape index (κ1) is 28.4. The van der Waals surface area contributed by atoms with Crippen LogP contribution in [0.3, 0.4) is 0 Å². The highest BCUT2D eigenvalue weighted by Crippen LogP contribution is 2.49. The molecule has 0 spiro atoms. The van der Waals surface area contributed by atoms with Gasteiger partial charge in [0.15, 0.2) is 0 Å². The molecule has 0 saturated heterocycles. The van der Waals surface area contributed by atoms with Gasteiger partial charge in [-0.05, 0) is 68.7 Å². The molecular weight excluding hydrogens is 607 g/mol. The minimum Gasteiger partial charge on any atom is -0.455 e. The zero-order valence-electron chi connectivity index (χ0n) is 27.3. The molecular formula is C48H31NO. The number of furan rings is 1. The molecule has 0 aliphatic heterocycles. The van der Waals surface area contributed by atoms with Crippen molar-refractivity contribution in [2.24, 2.45) is 0 Å². The van der Waals surface area contributed by atoms with Gasteiger partial charge in [0.1, 0.15) is 11.2 Å². The Morgan fingerprint density at radius 1 is 0.340 bits per heavy atom. The maximum atomic E-state index is 6.88. The quantitative estimate of drug-likeness (QED) is 0.187. The van der Waals surface area contributed by atoms with Gasteiger partial charge in [0, 0.05) is 21.5 Å². The fourth-order valence-corrected chi connectivity index (χ4v) is 7.82. The molecule has 0 fully saturated rings. The highest BCUT2D eigenvalue weighted by Gasteiger charge is 2.24. The number of benzene rings is 9. The molecule has 0 amide bonds. The lowest BCUT2D eigenvalue weighted by molar-refractivity contribution is 0.672. The van der Waals surface area contributed by atoms with E-state index in [1.54, 1.807) is 0 Å². The van der Waals surface area contributed by atoms with E-state index in [4.69, 9.17) is 4.42 Å². The van der Waals surface area contributed by atoms with Crippen molar-refractivity contribution < 1.29 is 4.42 Å². The summed E-state index contributed by atoms with van der Waals surface area (Å²) in [5.74, 6) is 0. The van der Waals surface area contributed by atoms with E-state index in [0.717, 1.165) is 44.4 Å². The first-order valence-electron chi connectivity index (χ1n) is 17.1. The second-order valence-electron chi connectivity index (χ2n) is 12.8. The molecule has 0 saturated carbocycles. The first-order valence-corrected chi connectivity index (χ1v) is 17.1. The normalized spacial score (nSPS) is 11.6. The maximum Gasteiger partial charge on any atom is 0.143 e. The van der Waals surface area contributed by atoms with Crippen molar-refractivity contribution in [1.82, 2.24) is 0 Å². The molecule has 0 radical (unpaired) electrons. The Bertz CT molecular complexity index is 2790. The SMILES string of the molecule is c1ccc(-c2ccccc2-c2cc3c(oc4cccc(N(c5cccc6ccccc56)c5cccc6ccccc56)c43)c3ccccc23)cc1. The van der Waals surface area contributed by atoms with Gasteiger partial charge in [0.2, 0.25) is 0 Å². The van der Waals surface area contributed by atoms with Gasteiger partial charge >= 0.3 is 0 Å². The molecule has 50 heavy (non-hydrogen) atoms. The van der Waals surface area contributed by atoms with Gasteiger partial charge in [-0.2, -0.15) is 0 Å². The van der Waals surface area contributed by atoms with Crippen LogP contribution in [0.1, 0.15) is 0 Å². The van der Waals surface area contributed by atoms with Crippen LogP contribution < -0.4 is 4.90 Å². The van der Waals surface area contributed by atoms with Gasteiger partial charge in [-0.25, -0.2) is 0 Å². The van der Waals surface area contributed by atoms with E-state index >= 15 is 0 Å². The Balaban J connectivity index is 1.33. The van der Waals surface area contributed by atoms with E-state index in [2.05, 4.69) is 193 Å². The minimum atomic E-state index is 0.863. The lowest BCUT2D eigenvalue weighted by Crippen LogP contribution is -2.11. The fourth-order valence-electron chi connectivity index (χ4n) is 7.82. The summed E-state index contributed by atoms with van der Waals surface area (Å²) >= 11 is 0. The molecule has 0 aliphatic rings. The van der Waals surface area contributed by atoms with E-state index in [0.29, 0.717) is 0 Å². The van der Waals surface area contributed by atoms with Crippen molar-refractivity contribution in [1.29, 1.82) is 0 Å². The molecule has 1 heterocycles. The topological polar surface area (TPSA) is 16.4 Å². The van der Waals surface area contributed by atoms with Crippen LogP contribution in [0.15, 0.2) is 192 Å². The summed E-state index contributed by atoms with van der Waals surface area (Å²) < 4.78 is 6.88. The van der Waals surface area contributed by atoms with Gasteiger partial charge in [-0.1, -0.05) is 158 Å². The van der Waals surface area contributed by atoms with Crippen LogP contribution in [0.25, 0.3) is 76.5 Å². The molecule has 0 bridgehead atoms. The minimum absolute atomic E-state index is 0.863. The first-order chi connectivity index (χ1) is 24.8. The Morgan fingerprint density at radius 3 is 1.56 bits per heavy atom. The molecule has 0 unspecified atom stereocenters. The molecule has 9 aromatic carbocycles. The number of nitrogens with zero attached hydrogens (tertiary/aromatic N) is 1. The lowest BCUT2D eigenvalue weighted by Gasteiger charge is -2.28. The van der Waals surface area contributed by atoms with Crippen LogP contribution in [-0.2, 0) is 0 Å². The highest BCUT2D eigenvalue weighted by atomic mass is 16.3. The Labute approximate surface area is 290 Å². The Kier molecular flexibility index (Phi) is 6.53. The number of anilines is 3. The largest absolute Gasteiger partial charge is 0.455 e. The zero-order valence-corrected chi connectivity index (χ0v) is 27.3. The molecule has 0 aliphatic carbocycles. The predicted octanol–water partition coefficient (Wildman–Crippen LogP) is 13.8. The predicted molar refractivity (Wildman–Crippen MR) is 212 cm³/mol. The van der Waals surface area contributed by atoms with Crippen LogP contribution >= 0.6 is 0 Å². The monoisotopic (exact) mass is 637 g/mol.